The average molecular weight is 441 g/mol. The summed E-state index contributed by atoms with van der Waals surface area (Å²) in [5, 5.41) is 10.0. The van der Waals surface area contributed by atoms with Gasteiger partial charge in [-0.3, -0.25) is 14.5 Å². The molecule has 1 aliphatic rings. The number of benzene rings is 1. The largest absolute Gasteiger partial charge is 0.480 e. The molecule has 27 heavy (non-hydrogen) atoms. The maximum Gasteiger partial charge on any atom is 0.323 e. The molecular weight excluding hydrogens is 427 g/mol. The molecule has 9 heteroatoms. The van der Waals surface area contributed by atoms with Crippen molar-refractivity contribution in [2.75, 3.05) is 6.54 Å². The molecule has 1 aromatic carbocycles. The number of thiocarbonyl (C=S) groups is 1. The molecule has 1 saturated heterocycles. The highest BCUT2D eigenvalue weighted by Gasteiger charge is 2.33. The second kappa shape index (κ2) is 7.67. The Kier molecular flexibility index (Phi) is 5.67. The Morgan fingerprint density at radius 3 is 2.63 bits per heavy atom. The highest BCUT2D eigenvalue weighted by atomic mass is 35.5. The number of hydrogen-bond acceptors (Lipinski definition) is 4. The lowest BCUT2D eigenvalue weighted by atomic mass is 10.2. The zero-order chi connectivity index (χ0) is 19.9. The number of rotatable bonds is 4. The first-order valence-corrected chi connectivity index (χ1v) is 9.78. The third-order valence-electron chi connectivity index (χ3n) is 4.07. The van der Waals surface area contributed by atoms with Crippen LogP contribution in [0.4, 0.5) is 0 Å². The molecule has 0 radical (unpaired) electrons. The molecule has 1 aromatic heterocycles. The fourth-order valence-electron chi connectivity index (χ4n) is 2.88. The number of amides is 1. The number of aryl methyl sites for hydroxylation is 1. The van der Waals surface area contributed by atoms with Gasteiger partial charge in [0.1, 0.15) is 10.9 Å². The Bertz CT molecular complexity index is 1010. The molecule has 3 rings (SSSR count). The van der Waals surface area contributed by atoms with Crippen LogP contribution in [0.3, 0.4) is 0 Å². The molecular formula is C18H14Cl2N2O3S2. The van der Waals surface area contributed by atoms with Crippen LogP contribution in [-0.4, -0.2) is 37.3 Å². The molecule has 1 amide bonds. The van der Waals surface area contributed by atoms with Crippen molar-refractivity contribution in [3.8, 4) is 5.69 Å². The summed E-state index contributed by atoms with van der Waals surface area (Å²) in [5.74, 6) is -1.51. The van der Waals surface area contributed by atoms with Crippen molar-refractivity contribution in [2.45, 2.75) is 13.8 Å². The highest BCUT2D eigenvalue weighted by molar-refractivity contribution is 8.26. The Balaban J connectivity index is 2.00. The molecule has 2 aromatic rings. The SMILES string of the molecule is Cc1cc(/C=C2/SC(=S)N(CC(=O)O)C2=O)c(C)n1-c1ccc(Cl)cc1Cl. The van der Waals surface area contributed by atoms with Crippen LogP contribution in [0.15, 0.2) is 29.2 Å². The van der Waals surface area contributed by atoms with Gasteiger partial charge in [-0.15, -0.1) is 0 Å². The summed E-state index contributed by atoms with van der Waals surface area (Å²) in [7, 11) is 0. The van der Waals surface area contributed by atoms with Crippen LogP contribution >= 0.6 is 47.2 Å². The summed E-state index contributed by atoms with van der Waals surface area (Å²) in [6.45, 7) is 3.41. The summed E-state index contributed by atoms with van der Waals surface area (Å²) in [6, 6.07) is 7.21. The second-order valence-corrected chi connectivity index (χ2v) is 8.44. The smallest absolute Gasteiger partial charge is 0.323 e. The van der Waals surface area contributed by atoms with Crippen LogP contribution in [0.2, 0.25) is 10.0 Å². The summed E-state index contributed by atoms with van der Waals surface area (Å²) in [5.41, 5.74) is 3.44. The minimum Gasteiger partial charge on any atom is -0.480 e. The molecule has 0 saturated carbocycles. The monoisotopic (exact) mass is 440 g/mol. The first kappa shape index (κ1) is 19.9. The molecule has 0 bridgehead atoms. The van der Waals surface area contributed by atoms with Crippen molar-refractivity contribution in [1.82, 2.24) is 9.47 Å². The number of carbonyl (C=O) groups is 2. The number of aromatic nitrogens is 1. The average Bonchev–Trinajstić information content (AvgIpc) is 2.99. The van der Waals surface area contributed by atoms with Gasteiger partial charge in [0, 0.05) is 16.4 Å². The van der Waals surface area contributed by atoms with Gasteiger partial charge in [-0.05, 0) is 49.8 Å². The highest BCUT2D eigenvalue weighted by Crippen LogP contribution is 2.35. The van der Waals surface area contributed by atoms with Crippen LogP contribution < -0.4 is 0 Å². The minimum atomic E-state index is -1.11. The first-order chi connectivity index (χ1) is 12.7. The Hall–Kier alpha value is -1.80. The van der Waals surface area contributed by atoms with E-state index in [9.17, 15) is 9.59 Å². The number of carboxylic acids is 1. The van der Waals surface area contributed by atoms with E-state index >= 15 is 0 Å². The molecule has 5 nitrogen and oxygen atoms in total. The molecule has 2 heterocycles. The van der Waals surface area contributed by atoms with Crippen molar-refractivity contribution in [3.05, 3.63) is 56.2 Å². The third-order valence-corrected chi connectivity index (χ3v) is 5.99. The zero-order valence-corrected chi connectivity index (χ0v) is 17.5. The fraction of sp³-hybridized carbons (Fsp3) is 0.167. The van der Waals surface area contributed by atoms with Crippen LogP contribution in [0.5, 0.6) is 0 Å². The van der Waals surface area contributed by atoms with E-state index in [0.29, 0.717) is 15.0 Å². The molecule has 140 valence electrons. The van der Waals surface area contributed by atoms with Crippen LogP contribution in [0.25, 0.3) is 11.8 Å². The quantitative estimate of drug-likeness (QED) is 0.551. The molecule has 0 spiro atoms. The topological polar surface area (TPSA) is 62.5 Å². The normalized spacial score (nSPS) is 15.9. The van der Waals surface area contributed by atoms with Gasteiger partial charge in [0.05, 0.1) is 15.6 Å². The zero-order valence-electron chi connectivity index (χ0n) is 14.3. The Morgan fingerprint density at radius 1 is 1.30 bits per heavy atom. The van der Waals surface area contributed by atoms with E-state index < -0.39 is 18.4 Å². The standard InChI is InChI=1S/C18H14Cl2N2O3S2/c1-9-5-11(6-15-17(25)21(8-16(23)24)18(26)27-15)10(2)22(9)14-4-3-12(19)7-13(14)20/h3-7H,8H2,1-2H3,(H,23,24)/b15-6+. The number of thioether (sulfide) groups is 1. The molecule has 0 atom stereocenters. The predicted molar refractivity (Wildman–Crippen MR) is 113 cm³/mol. The summed E-state index contributed by atoms with van der Waals surface area (Å²) in [6.07, 6.45) is 1.73. The lowest BCUT2D eigenvalue weighted by Gasteiger charge is -2.12. The van der Waals surface area contributed by atoms with E-state index in [4.69, 9.17) is 40.5 Å². The second-order valence-electron chi connectivity index (χ2n) is 5.92. The van der Waals surface area contributed by atoms with Crippen LogP contribution in [0, 0.1) is 13.8 Å². The number of halogens is 2. The summed E-state index contributed by atoms with van der Waals surface area (Å²) >= 11 is 18.5. The van der Waals surface area contributed by atoms with Gasteiger partial charge in [0.25, 0.3) is 5.91 Å². The minimum absolute atomic E-state index is 0.239. The maximum atomic E-state index is 12.5. The summed E-state index contributed by atoms with van der Waals surface area (Å²) in [4.78, 5) is 24.9. The van der Waals surface area contributed by atoms with Crippen LogP contribution in [0.1, 0.15) is 17.0 Å². The lowest BCUT2D eigenvalue weighted by molar-refractivity contribution is -0.140. The van der Waals surface area contributed by atoms with E-state index in [1.807, 2.05) is 30.5 Å². The van der Waals surface area contributed by atoms with Crippen molar-refractivity contribution in [3.63, 3.8) is 0 Å². The number of hydrogen-bond donors (Lipinski definition) is 1. The molecule has 0 aliphatic carbocycles. The van der Waals surface area contributed by atoms with Gasteiger partial charge in [-0.1, -0.05) is 47.2 Å². The molecule has 0 unspecified atom stereocenters. The Labute approximate surface area is 175 Å². The van der Waals surface area contributed by atoms with E-state index in [-0.39, 0.29) is 4.32 Å². The number of aliphatic carboxylic acids is 1. The van der Waals surface area contributed by atoms with E-state index in [1.54, 1.807) is 18.2 Å². The van der Waals surface area contributed by atoms with Gasteiger partial charge >= 0.3 is 5.97 Å². The fourth-order valence-corrected chi connectivity index (χ4v) is 4.62. The van der Waals surface area contributed by atoms with Crippen molar-refractivity contribution >= 4 is 69.5 Å². The van der Waals surface area contributed by atoms with E-state index in [1.165, 1.54) is 0 Å². The number of carboxylic acid groups (broad SMARTS) is 1. The van der Waals surface area contributed by atoms with Crippen molar-refractivity contribution in [1.29, 1.82) is 0 Å². The van der Waals surface area contributed by atoms with Crippen molar-refractivity contribution < 1.29 is 14.7 Å². The van der Waals surface area contributed by atoms with Gasteiger partial charge < -0.3 is 9.67 Å². The van der Waals surface area contributed by atoms with Gasteiger partial charge in [-0.25, -0.2) is 0 Å². The molecule has 1 aliphatic heterocycles. The van der Waals surface area contributed by atoms with E-state index in [0.717, 1.165) is 39.3 Å². The maximum absolute atomic E-state index is 12.5. The molecule has 1 fully saturated rings. The first-order valence-electron chi connectivity index (χ1n) is 7.80. The molecule has 1 N–H and O–H groups in total. The number of carbonyl (C=O) groups excluding carboxylic acids is 1. The van der Waals surface area contributed by atoms with Crippen LogP contribution in [-0.2, 0) is 9.59 Å². The van der Waals surface area contributed by atoms with Gasteiger partial charge in [0.15, 0.2) is 0 Å². The van der Waals surface area contributed by atoms with E-state index in [2.05, 4.69) is 0 Å². The predicted octanol–water partition coefficient (Wildman–Crippen LogP) is 4.69. The third kappa shape index (κ3) is 3.91. The lowest BCUT2D eigenvalue weighted by Crippen LogP contribution is -2.33. The van der Waals surface area contributed by atoms with Crippen molar-refractivity contribution in [2.24, 2.45) is 0 Å². The van der Waals surface area contributed by atoms with Gasteiger partial charge in [-0.2, -0.15) is 0 Å². The Morgan fingerprint density at radius 2 is 2.00 bits per heavy atom. The van der Waals surface area contributed by atoms with Gasteiger partial charge in [0.2, 0.25) is 0 Å². The summed E-state index contributed by atoms with van der Waals surface area (Å²) < 4.78 is 2.21. The number of nitrogens with zero attached hydrogens (tertiary/aromatic N) is 2.